The minimum atomic E-state index is -1.01. The molecule has 0 radical (unpaired) electrons. The van der Waals surface area contributed by atoms with Crippen LogP contribution in [0.25, 0.3) is 10.9 Å². The molecule has 3 aromatic rings. The van der Waals surface area contributed by atoms with E-state index in [9.17, 15) is 14.9 Å². The van der Waals surface area contributed by atoms with Crippen molar-refractivity contribution in [3.8, 4) is 6.07 Å². The summed E-state index contributed by atoms with van der Waals surface area (Å²) < 4.78 is 6.97. The van der Waals surface area contributed by atoms with Gasteiger partial charge in [0.15, 0.2) is 18.3 Å². The fraction of sp³-hybridized carbons (Fsp3) is 0.222. The molecule has 6 nitrogen and oxygen atoms in total. The molecule has 2 heterocycles. The molecule has 0 amide bonds. The van der Waals surface area contributed by atoms with Crippen LogP contribution in [0.4, 0.5) is 0 Å². The van der Waals surface area contributed by atoms with Gasteiger partial charge in [0.2, 0.25) is 0 Å². The number of aryl methyl sites for hydroxylation is 2. The molecule has 0 saturated carbocycles. The Kier molecular flexibility index (Phi) is 4.63. The van der Waals surface area contributed by atoms with E-state index in [2.05, 4.69) is 4.98 Å². The number of benzene rings is 1. The molecule has 3 rings (SSSR count). The lowest BCUT2D eigenvalue weighted by molar-refractivity contribution is -0.122. The molecule has 0 saturated heterocycles. The predicted octanol–water partition coefficient (Wildman–Crippen LogP) is 2.98. The normalized spacial score (nSPS) is 11.9. The van der Waals surface area contributed by atoms with E-state index in [0.717, 1.165) is 16.6 Å². The number of Topliss-reactive ketones (excluding diaryl/α,β-unsaturated/α-hetero) is 1. The van der Waals surface area contributed by atoms with Gasteiger partial charge in [0.25, 0.3) is 0 Å². The van der Waals surface area contributed by atoms with Gasteiger partial charge in [-0.15, -0.1) is 11.3 Å². The molecule has 0 aliphatic carbocycles. The second-order valence-electron chi connectivity index (χ2n) is 5.60. The van der Waals surface area contributed by atoms with Crippen molar-refractivity contribution in [1.29, 1.82) is 5.26 Å². The number of carbonyl (C=O) groups is 2. The predicted molar refractivity (Wildman–Crippen MR) is 93.4 cm³/mol. The smallest absolute Gasteiger partial charge is 0.340 e. The number of fused-ring (bicyclic) bond motifs is 1. The van der Waals surface area contributed by atoms with Crippen LogP contribution in [0.2, 0.25) is 0 Å². The zero-order chi connectivity index (χ0) is 18.0. The van der Waals surface area contributed by atoms with Crippen LogP contribution < -0.4 is 0 Å². The first-order valence-corrected chi connectivity index (χ1v) is 8.44. The van der Waals surface area contributed by atoms with E-state index in [4.69, 9.17) is 4.74 Å². The van der Waals surface area contributed by atoms with Crippen molar-refractivity contribution in [1.82, 2.24) is 9.55 Å². The second kappa shape index (κ2) is 6.87. The van der Waals surface area contributed by atoms with E-state index in [-0.39, 0.29) is 0 Å². The topological polar surface area (TPSA) is 85.0 Å². The number of para-hydroxylation sites is 1. The van der Waals surface area contributed by atoms with Crippen molar-refractivity contribution in [2.75, 3.05) is 6.61 Å². The van der Waals surface area contributed by atoms with Gasteiger partial charge in [-0.2, -0.15) is 5.26 Å². The molecule has 7 heteroatoms. The summed E-state index contributed by atoms with van der Waals surface area (Å²) in [6.45, 7) is 1.33. The lowest BCUT2D eigenvalue weighted by Crippen LogP contribution is -2.19. The number of rotatable bonds is 5. The summed E-state index contributed by atoms with van der Waals surface area (Å²) in [7, 11) is 1.83. The van der Waals surface area contributed by atoms with E-state index in [1.165, 1.54) is 11.3 Å². The lowest BCUT2D eigenvalue weighted by Gasteiger charge is -2.06. The molecule has 25 heavy (non-hydrogen) atoms. The minimum absolute atomic E-state index is 0.393. The lowest BCUT2D eigenvalue weighted by atomic mass is 10.1. The van der Waals surface area contributed by atoms with E-state index in [1.54, 1.807) is 18.5 Å². The van der Waals surface area contributed by atoms with Gasteiger partial charge < -0.3 is 9.30 Å². The number of ketones is 1. The number of nitrogens with zero attached hydrogens (tertiary/aromatic N) is 3. The van der Waals surface area contributed by atoms with Gasteiger partial charge in [-0.25, -0.2) is 9.78 Å². The van der Waals surface area contributed by atoms with Gasteiger partial charge in [-0.05, 0) is 13.0 Å². The highest BCUT2D eigenvalue weighted by Crippen LogP contribution is 2.23. The maximum absolute atomic E-state index is 12.3. The van der Waals surface area contributed by atoms with Crippen LogP contribution in [-0.2, 0) is 16.6 Å². The summed E-state index contributed by atoms with van der Waals surface area (Å²) in [4.78, 5) is 28.8. The Morgan fingerprint density at radius 1 is 1.40 bits per heavy atom. The van der Waals surface area contributed by atoms with Crippen LogP contribution in [0.15, 0.2) is 35.8 Å². The fourth-order valence-electron chi connectivity index (χ4n) is 2.57. The summed E-state index contributed by atoms with van der Waals surface area (Å²) >= 11 is 1.25. The van der Waals surface area contributed by atoms with Gasteiger partial charge in [0, 0.05) is 35.2 Å². The van der Waals surface area contributed by atoms with E-state index in [1.807, 2.05) is 41.9 Å². The van der Waals surface area contributed by atoms with Crippen LogP contribution in [0, 0.1) is 18.3 Å². The molecule has 0 bridgehead atoms. The maximum Gasteiger partial charge on any atom is 0.340 e. The molecule has 0 unspecified atom stereocenters. The molecule has 0 N–H and O–H groups in total. The number of nitriles is 1. The van der Waals surface area contributed by atoms with Gasteiger partial charge in [-0.1, -0.05) is 18.2 Å². The van der Waals surface area contributed by atoms with Crippen molar-refractivity contribution >= 4 is 34.0 Å². The zero-order valence-corrected chi connectivity index (χ0v) is 14.5. The van der Waals surface area contributed by atoms with Crippen molar-refractivity contribution < 1.29 is 14.3 Å². The number of aromatic nitrogens is 2. The fourth-order valence-corrected chi connectivity index (χ4v) is 3.43. The summed E-state index contributed by atoms with van der Waals surface area (Å²) in [5.74, 6) is -2.08. The Hall–Kier alpha value is -2.98. The third kappa shape index (κ3) is 3.30. The molecule has 0 spiro atoms. The Labute approximate surface area is 148 Å². The molecule has 126 valence electrons. The highest BCUT2D eigenvalue weighted by atomic mass is 32.1. The van der Waals surface area contributed by atoms with Crippen molar-refractivity contribution in [3.05, 3.63) is 52.1 Å². The van der Waals surface area contributed by atoms with Crippen LogP contribution in [0.3, 0.4) is 0 Å². The monoisotopic (exact) mass is 353 g/mol. The summed E-state index contributed by atoms with van der Waals surface area (Å²) in [5, 5.41) is 12.2. The van der Waals surface area contributed by atoms with Crippen LogP contribution in [-0.4, -0.2) is 27.9 Å². The summed E-state index contributed by atoms with van der Waals surface area (Å²) in [6.07, 6.45) is 1.67. The number of ether oxygens (including phenoxy) is 1. The Balaban J connectivity index is 1.73. The first-order valence-electron chi connectivity index (χ1n) is 7.56. The summed E-state index contributed by atoms with van der Waals surface area (Å²) in [6, 6.07) is 9.37. The Bertz CT molecular complexity index is 997. The Morgan fingerprint density at radius 2 is 2.16 bits per heavy atom. The Morgan fingerprint density at radius 3 is 2.84 bits per heavy atom. The third-order valence-corrected chi connectivity index (χ3v) is 4.82. The van der Waals surface area contributed by atoms with Crippen molar-refractivity contribution in [3.63, 3.8) is 0 Å². The number of thiazole rings is 1. The molecule has 0 aliphatic heterocycles. The number of carbonyl (C=O) groups excluding carboxylic acids is 2. The van der Waals surface area contributed by atoms with Gasteiger partial charge in [0.1, 0.15) is 5.01 Å². The van der Waals surface area contributed by atoms with E-state index in [0.29, 0.717) is 10.6 Å². The maximum atomic E-state index is 12.3. The van der Waals surface area contributed by atoms with Crippen molar-refractivity contribution in [2.24, 2.45) is 7.05 Å². The van der Waals surface area contributed by atoms with Gasteiger partial charge in [0.05, 0.1) is 11.6 Å². The number of esters is 1. The average Bonchev–Trinajstić information content (AvgIpc) is 3.18. The molecule has 1 atom stereocenters. The molecular formula is C18H15N3O3S. The van der Waals surface area contributed by atoms with Crippen LogP contribution in [0.1, 0.15) is 27.0 Å². The van der Waals surface area contributed by atoms with Crippen molar-refractivity contribution in [2.45, 2.75) is 12.8 Å². The number of hydrogen-bond acceptors (Lipinski definition) is 6. The highest BCUT2D eigenvalue weighted by molar-refractivity contribution is 7.09. The standard InChI is InChI=1S/C18H15N3O3S/c1-11-10-25-17(20-11)13(7-19)16(22)9-24-18(23)14-8-21(2)15-6-4-3-5-12(14)15/h3-6,8,10,13H,9H2,1-2H3/t13-/m1/s1. The van der Waals surface area contributed by atoms with Gasteiger partial charge >= 0.3 is 5.97 Å². The zero-order valence-electron chi connectivity index (χ0n) is 13.7. The van der Waals surface area contributed by atoms with Crippen LogP contribution >= 0.6 is 11.3 Å². The first kappa shape index (κ1) is 16.9. The highest BCUT2D eigenvalue weighted by Gasteiger charge is 2.25. The molecule has 2 aromatic heterocycles. The third-order valence-electron chi connectivity index (χ3n) is 3.80. The quantitative estimate of drug-likeness (QED) is 0.658. The second-order valence-corrected chi connectivity index (χ2v) is 6.49. The molecule has 1 aromatic carbocycles. The SMILES string of the molecule is Cc1csc([C@H](C#N)C(=O)COC(=O)c2cn(C)c3ccccc23)n1. The minimum Gasteiger partial charge on any atom is -0.454 e. The first-order chi connectivity index (χ1) is 12.0. The molecular weight excluding hydrogens is 338 g/mol. The molecule has 0 fully saturated rings. The largest absolute Gasteiger partial charge is 0.454 e. The van der Waals surface area contributed by atoms with E-state index >= 15 is 0 Å². The number of hydrogen-bond donors (Lipinski definition) is 0. The van der Waals surface area contributed by atoms with Crippen LogP contribution in [0.5, 0.6) is 0 Å². The molecule has 0 aliphatic rings. The average molecular weight is 353 g/mol. The summed E-state index contributed by atoms with van der Waals surface area (Å²) in [5.41, 5.74) is 2.04. The van der Waals surface area contributed by atoms with Gasteiger partial charge in [-0.3, -0.25) is 4.79 Å². The van der Waals surface area contributed by atoms with E-state index < -0.39 is 24.3 Å².